The Labute approximate surface area is 159 Å². The lowest BCUT2D eigenvalue weighted by molar-refractivity contribution is 0.0954. The van der Waals surface area contributed by atoms with E-state index in [2.05, 4.69) is 5.32 Å². The van der Waals surface area contributed by atoms with Gasteiger partial charge in [0.25, 0.3) is 5.91 Å². The van der Waals surface area contributed by atoms with E-state index >= 15 is 0 Å². The third kappa shape index (κ3) is 4.34. The van der Waals surface area contributed by atoms with E-state index in [9.17, 15) is 13.2 Å². The van der Waals surface area contributed by atoms with E-state index in [4.69, 9.17) is 0 Å². The highest BCUT2D eigenvalue weighted by atomic mass is 32.2. The maximum atomic E-state index is 12.9. The van der Waals surface area contributed by atoms with E-state index < -0.39 is 10.0 Å². The molecule has 0 saturated carbocycles. The Hall–Kier alpha value is -1.70. The normalized spacial score (nSPS) is 18.6. The van der Waals surface area contributed by atoms with E-state index in [0.29, 0.717) is 18.7 Å². The third-order valence-electron chi connectivity index (χ3n) is 4.68. The molecule has 140 valence electrons. The smallest absolute Gasteiger partial charge is 0.251 e. The number of hydrogen-bond donors (Lipinski definition) is 1. The molecule has 0 aliphatic carbocycles. The van der Waals surface area contributed by atoms with Crippen molar-refractivity contribution < 1.29 is 13.2 Å². The molecule has 1 aliphatic heterocycles. The first-order valence-corrected chi connectivity index (χ1v) is 11.2. The molecule has 1 fully saturated rings. The van der Waals surface area contributed by atoms with Crippen LogP contribution in [0.2, 0.25) is 0 Å². The van der Waals surface area contributed by atoms with Crippen molar-refractivity contribution in [2.75, 3.05) is 13.1 Å². The third-order valence-corrected chi connectivity index (χ3v) is 7.63. The number of nitrogens with one attached hydrogen (secondary N) is 1. The van der Waals surface area contributed by atoms with Gasteiger partial charge in [-0.15, -0.1) is 11.3 Å². The number of benzene rings is 1. The van der Waals surface area contributed by atoms with Crippen molar-refractivity contribution in [1.82, 2.24) is 9.62 Å². The molecule has 1 unspecified atom stereocenters. The monoisotopic (exact) mass is 392 g/mol. The van der Waals surface area contributed by atoms with Gasteiger partial charge >= 0.3 is 0 Å². The van der Waals surface area contributed by atoms with Crippen LogP contribution in [0.15, 0.2) is 46.7 Å². The number of carbonyl (C=O) groups is 1. The maximum absolute atomic E-state index is 12.9. The van der Waals surface area contributed by atoms with Gasteiger partial charge in [-0.25, -0.2) is 8.42 Å². The molecule has 3 rings (SSSR count). The van der Waals surface area contributed by atoms with Crippen LogP contribution >= 0.6 is 11.3 Å². The Morgan fingerprint density at radius 2 is 2.12 bits per heavy atom. The lowest BCUT2D eigenvalue weighted by Crippen LogP contribution is -2.42. The largest absolute Gasteiger partial charge is 0.352 e. The fourth-order valence-electron chi connectivity index (χ4n) is 3.22. The summed E-state index contributed by atoms with van der Waals surface area (Å²) in [6.45, 7) is 3.01. The number of hydrogen-bond acceptors (Lipinski definition) is 4. The summed E-state index contributed by atoms with van der Waals surface area (Å²) < 4.78 is 27.4. The van der Waals surface area contributed by atoms with E-state index in [1.807, 2.05) is 24.4 Å². The van der Waals surface area contributed by atoms with Crippen LogP contribution < -0.4 is 5.32 Å². The molecule has 7 heteroatoms. The van der Waals surface area contributed by atoms with Crippen LogP contribution in [0.1, 0.15) is 41.4 Å². The average Bonchev–Trinajstić information content (AvgIpc) is 3.15. The predicted molar refractivity (Wildman–Crippen MR) is 104 cm³/mol. The zero-order valence-electron chi connectivity index (χ0n) is 14.8. The number of piperidine rings is 1. The predicted octanol–water partition coefficient (Wildman–Crippen LogP) is 3.28. The van der Waals surface area contributed by atoms with Gasteiger partial charge in [0.15, 0.2) is 0 Å². The van der Waals surface area contributed by atoms with E-state index in [0.717, 1.165) is 25.7 Å². The molecule has 26 heavy (non-hydrogen) atoms. The van der Waals surface area contributed by atoms with Gasteiger partial charge in [-0.3, -0.25) is 4.79 Å². The van der Waals surface area contributed by atoms with Crippen molar-refractivity contribution in [3.8, 4) is 0 Å². The molecule has 2 heterocycles. The van der Waals surface area contributed by atoms with Crippen molar-refractivity contribution >= 4 is 27.3 Å². The Kier molecular flexibility index (Phi) is 6.11. The van der Waals surface area contributed by atoms with Crippen LogP contribution in [-0.4, -0.2) is 37.8 Å². The number of sulfonamides is 1. The molecule has 1 aromatic carbocycles. The van der Waals surface area contributed by atoms with Gasteiger partial charge in [0.2, 0.25) is 10.0 Å². The second-order valence-corrected chi connectivity index (χ2v) is 9.50. The lowest BCUT2D eigenvalue weighted by atomic mass is 10.1. The first-order valence-electron chi connectivity index (χ1n) is 8.91. The quantitative estimate of drug-likeness (QED) is 0.820. The van der Waals surface area contributed by atoms with Gasteiger partial charge in [0.1, 0.15) is 0 Å². The molecule has 0 bridgehead atoms. The number of thiophene rings is 1. The van der Waals surface area contributed by atoms with Gasteiger partial charge < -0.3 is 5.32 Å². The minimum Gasteiger partial charge on any atom is -0.352 e. The van der Waals surface area contributed by atoms with Crippen LogP contribution in [0.3, 0.4) is 0 Å². The number of carbonyl (C=O) groups excluding carboxylic acids is 1. The molecule has 1 saturated heterocycles. The number of amides is 1. The summed E-state index contributed by atoms with van der Waals surface area (Å²) in [6.07, 6.45) is 3.58. The molecule has 1 amide bonds. The zero-order valence-corrected chi connectivity index (χ0v) is 16.5. The van der Waals surface area contributed by atoms with Crippen molar-refractivity contribution in [1.29, 1.82) is 0 Å². The van der Waals surface area contributed by atoms with E-state index in [-0.39, 0.29) is 16.8 Å². The SMILES string of the molecule is CC1CCCCN1S(=O)(=O)c1cccc(C(=O)NCCc2cccs2)c1. The highest BCUT2D eigenvalue weighted by molar-refractivity contribution is 7.89. The molecule has 1 aromatic heterocycles. The summed E-state index contributed by atoms with van der Waals surface area (Å²) in [6, 6.07) is 10.4. The molecular weight excluding hydrogens is 368 g/mol. The van der Waals surface area contributed by atoms with Crippen LogP contribution in [0.4, 0.5) is 0 Å². The summed E-state index contributed by atoms with van der Waals surface area (Å²) >= 11 is 1.66. The van der Waals surface area contributed by atoms with Crippen LogP contribution in [0, 0.1) is 0 Å². The fourth-order valence-corrected chi connectivity index (χ4v) is 5.67. The van der Waals surface area contributed by atoms with Crippen molar-refractivity contribution in [2.24, 2.45) is 0 Å². The highest BCUT2D eigenvalue weighted by Crippen LogP contribution is 2.25. The van der Waals surface area contributed by atoms with Crippen molar-refractivity contribution in [3.05, 3.63) is 52.2 Å². The van der Waals surface area contributed by atoms with Gasteiger partial charge in [-0.2, -0.15) is 4.31 Å². The first-order chi connectivity index (χ1) is 12.5. The molecule has 1 aliphatic rings. The van der Waals surface area contributed by atoms with Gasteiger partial charge in [0, 0.05) is 29.6 Å². The lowest BCUT2D eigenvalue weighted by Gasteiger charge is -2.32. The first kappa shape index (κ1) is 19.1. The second-order valence-electron chi connectivity index (χ2n) is 6.57. The summed E-state index contributed by atoms with van der Waals surface area (Å²) in [5.41, 5.74) is 0.377. The summed E-state index contributed by atoms with van der Waals surface area (Å²) in [5, 5.41) is 4.87. The number of rotatable bonds is 6. The topological polar surface area (TPSA) is 66.5 Å². The van der Waals surface area contributed by atoms with E-state index in [1.165, 1.54) is 10.9 Å². The van der Waals surface area contributed by atoms with Gasteiger partial charge in [-0.05, 0) is 55.8 Å². The zero-order chi connectivity index (χ0) is 18.6. The standard InChI is InChI=1S/C19H24N2O3S2/c1-15-6-2-3-12-21(15)26(23,24)18-9-4-7-16(14-18)19(22)20-11-10-17-8-5-13-25-17/h4-5,7-9,13-15H,2-3,6,10-12H2,1H3,(H,20,22). The molecule has 2 aromatic rings. The van der Waals surface area contributed by atoms with E-state index in [1.54, 1.807) is 33.8 Å². The molecule has 5 nitrogen and oxygen atoms in total. The van der Waals surface area contributed by atoms with Crippen LogP contribution in [-0.2, 0) is 16.4 Å². The molecule has 1 N–H and O–H groups in total. The summed E-state index contributed by atoms with van der Waals surface area (Å²) in [7, 11) is -3.57. The Balaban J connectivity index is 1.69. The molecule has 0 radical (unpaired) electrons. The van der Waals surface area contributed by atoms with Crippen LogP contribution in [0.5, 0.6) is 0 Å². The average molecular weight is 393 g/mol. The Bertz CT molecular complexity index is 847. The summed E-state index contributed by atoms with van der Waals surface area (Å²) in [5.74, 6) is -0.245. The molecular formula is C19H24N2O3S2. The Morgan fingerprint density at radius 3 is 2.85 bits per heavy atom. The molecule has 0 spiro atoms. The molecule has 1 atom stereocenters. The minimum atomic E-state index is -3.57. The Morgan fingerprint density at radius 1 is 1.27 bits per heavy atom. The van der Waals surface area contributed by atoms with Gasteiger partial charge in [-0.1, -0.05) is 18.6 Å². The second kappa shape index (κ2) is 8.33. The van der Waals surface area contributed by atoms with Gasteiger partial charge in [0.05, 0.1) is 4.90 Å². The summed E-state index contributed by atoms with van der Waals surface area (Å²) in [4.78, 5) is 13.8. The van der Waals surface area contributed by atoms with Crippen LogP contribution in [0.25, 0.3) is 0 Å². The van der Waals surface area contributed by atoms with Crippen molar-refractivity contribution in [2.45, 2.75) is 43.5 Å². The minimum absolute atomic E-state index is 0.00275. The fraction of sp³-hybridized carbons (Fsp3) is 0.421. The van der Waals surface area contributed by atoms with Crippen molar-refractivity contribution in [3.63, 3.8) is 0 Å². The number of nitrogens with zero attached hydrogens (tertiary/aromatic N) is 1. The highest BCUT2D eigenvalue weighted by Gasteiger charge is 2.31. The maximum Gasteiger partial charge on any atom is 0.251 e.